The molecule has 0 aromatic carbocycles. The Bertz CT molecular complexity index is 924. The molecule has 2 aliphatic rings. The van der Waals surface area contributed by atoms with Crippen molar-refractivity contribution in [1.29, 1.82) is 0 Å². The van der Waals surface area contributed by atoms with Gasteiger partial charge in [0.2, 0.25) is 10.0 Å². The standard InChI is InChI=1S/C17H30N4O3S.C2HF3O2/c1-6-24-10-15-7-8-19(4)17(9-15)11-21(12-17)25(22,23)16-13(2)18-20(5)14(16)3;3-2(4,5)1(6)7/h15H,6-12H2,1-5H3;(H,6,7). The highest BCUT2D eigenvalue weighted by molar-refractivity contribution is 7.89. The van der Waals surface area contributed by atoms with Crippen LogP contribution in [0.25, 0.3) is 0 Å². The zero-order valence-electron chi connectivity index (χ0n) is 18.9. The lowest BCUT2D eigenvalue weighted by Crippen LogP contribution is -2.72. The molecule has 0 radical (unpaired) electrons. The van der Waals surface area contributed by atoms with Gasteiger partial charge < -0.3 is 9.84 Å². The summed E-state index contributed by atoms with van der Waals surface area (Å²) in [5, 5.41) is 11.4. The first-order valence-corrected chi connectivity index (χ1v) is 11.7. The van der Waals surface area contributed by atoms with Crippen LogP contribution in [-0.4, -0.2) is 90.1 Å². The predicted octanol–water partition coefficient (Wildman–Crippen LogP) is 1.79. The van der Waals surface area contributed by atoms with Gasteiger partial charge in [0.1, 0.15) is 4.90 Å². The Morgan fingerprint density at radius 3 is 2.28 bits per heavy atom. The summed E-state index contributed by atoms with van der Waals surface area (Å²) in [5.41, 5.74) is 1.23. The van der Waals surface area contributed by atoms with E-state index in [-0.39, 0.29) is 5.54 Å². The molecule has 2 aliphatic heterocycles. The Balaban J connectivity index is 0.000000451. The molecule has 1 aromatic heterocycles. The number of carbonyl (C=O) groups is 1. The predicted molar refractivity (Wildman–Crippen MR) is 110 cm³/mol. The third-order valence-electron chi connectivity index (χ3n) is 6.13. The fraction of sp³-hybridized carbons (Fsp3) is 0.789. The number of sulfonamides is 1. The van der Waals surface area contributed by atoms with E-state index >= 15 is 0 Å². The van der Waals surface area contributed by atoms with E-state index in [0.717, 1.165) is 32.6 Å². The summed E-state index contributed by atoms with van der Waals surface area (Å²) in [6, 6.07) is 0. The Morgan fingerprint density at radius 2 is 1.84 bits per heavy atom. The van der Waals surface area contributed by atoms with E-state index in [2.05, 4.69) is 17.0 Å². The average molecular weight is 485 g/mol. The molecule has 1 atom stereocenters. The fourth-order valence-electron chi connectivity index (χ4n) is 4.24. The summed E-state index contributed by atoms with van der Waals surface area (Å²) in [6.45, 7) is 9.22. The number of aromatic nitrogens is 2. The summed E-state index contributed by atoms with van der Waals surface area (Å²) < 4.78 is 66.8. The average Bonchev–Trinajstić information content (AvgIpc) is 2.91. The normalized spacial score (nSPS) is 21.7. The number of aryl methyl sites for hydroxylation is 2. The van der Waals surface area contributed by atoms with Crippen molar-refractivity contribution in [3.05, 3.63) is 11.4 Å². The second-order valence-electron chi connectivity index (χ2n) is 8.36. The second-order valence-corrected chi connectivity index (χ2v) is 10.2. The van der Waals surface area contributed by atoms with Crippen molar-refractivity contribution >= 4 is 16.0 Å². The van der Waals surface area contributed by atoms with Crippen LogP contribution in [0.2, 0.25) is 0 Å². The molecule has 2 fully saturated rings. The molecule has 3 heterocycles. The topological polar surface area (TPSA) is 105 Å². The largest absolute Gasteiger partial charge is 0.490 e. The number of halogens is 3. The Hall–Kier alpha value is -1.70. The second kappa shape index (κ2) is 9.65. The summed E-state index contributed by atoms with van der Waals surface area (Å²) in [5.74, 6) is -2.24. The lowest BCUT2D eigenvalue weighted by molar-refractivity contribution is -0.192. The molecule has 0 bridgehead atoms. The van der Waals surface area contributed by atoms with E-state index in [1.54, 1.807) is 23.0 Å². The summed E-state index contributed by atoms with van der Waals surface area (Å²) >= 11 is 0. The number of carboxylic acid groups (broad SMARTS) is 1. The number of aliphatic carboxylic acids is 1. The summed E-state index contributed by atoms with van der Waals surface area (Å²) in [6.07, 6.45) is -2.97. The van der Waals surface area contributed by atoms with Crippen molar-refractivity contribution in [1.82, 2.24) is 19.0 Å². The van der Waals surface area contributed by atoms with Gasteiger partial charge in [-0.1, -0.05) is 0 Å². The number of carboxylic acids is 1. The maximum atomic E-state index is 13.1. The lowest BCUT2D eigenvalue weighted by Gasteiger charge is -2.57. The summed E-state index contributed by atoms with van der Waals surface area (Å²) in [4.78, 5) is 11.6. The van der Waals surface area contributed by atoms with Crippen LogP contribution in [0.15, 0.2) is 4.90 Å². The van der Waals surface area contributed by atoms with Gasteiger partial charge in [0.15, 0.2) is 0 Å². The van der Waals surface area contributed by atoms with E-state index in [1.165, 1.54) is 0 Å². The highest BCUT2D eigenvalue weighted by Gasteiger charge is 2.53. The third kappa shape index (κ3) is 5.43. The molecule has 9 nitrogen and oxygen atoms in total. The van der Waals surface area contributed by atoms with Crippen molar-refractivity contribution in [3.8, 4) is 0 Å². The molecule has 0 aliphatic carbocycles. The Labute approximate surface area is 186 Å². The van der Waals surface area contributed by atoms with Crippen molar-refractivity contribution in [2.45, 2.75) is 50.2 Å². The van der Waals surface area contributed by atoms with Gasteiger partial charge in [-0.15, -0.1) is 0 Å². The van der Waals surface area contributed by atoms with Crippen LogP contribution in [-0.2, 0) is 26.6 Å². The quantitative estimate of drug-likeness (QED) is 0.679. The highest BCUT2D eigenvalue weighted by atomic mass is 32.2. The number of ether oxygens (including phenoxy) is 1. The first kappa shape index (κ1) is 26.6. The third-order valence-corrected chi connectivity index (χ3v) is 8.18. The van der Waals surface area contributed by atoms with Gasteiger partial charge in [0, 0.05) is 38.9 Å². The van der Waals surface area contributed by atoms with Gasteiger partial charge >= 0.3 is 12.1 Å². The monoisotopic (exact) mass is 484 g/mol. The number of hydrogen-bond donors (Lipinski definition) is 1. The van der Waals surface area contributed by atoms with E-state index in [0.29, 0.717) is 35.3 Å². The first-order valence-electron chi connectivity index (χ1n) is 10.2. The number of alkyl halides is 3. The van der Waals surface area contributed by atoms with E-state index in [4.69, 9.17) is 14.6 Å². The number of likely N-dealkylation sites (N-methyl/N-ethyl adjacent to an activating group) is 1. The minimum atomic E-state index is -5.08. The van der Waals surface area contributed by atoms with E-state index in [9.17, 15) is 21.6 Å². The fourth-order valence-corrected chi connectivity index (χ4v) is 6.24. The van der Waals surface area contributed by atoms with Crippen molar-refractivity contribution in [2.75, 3.05) is 39.9 Å². The van der Waals surface area contributed by atoms with Crippen LogP contribution in [0.3, 0.4) is 0 Å². The highest BCUT2D eigenvalue weighted by Crippen LogP contribution is 2.41. The van der Waals surface area contributed by atoms with Gasteiger partial charge in [-0.3, -0.25) is 9.58 Å². The van der Waals surface area contributed by atoms with E-state index in [1.807, 2.05) is 13.8 Å². The Kier molecular flexibility index (Phi) is 8.01. The molecular weight excluding hydrogens is 453 g/mol. The minimum absolute atomic E-state index is 0.0445. The van der Waals surface area contributed by atoms with Gasteiger partial charge in [-0.05, 0) is 53.1 Å². The van der Waals surface area contributed by atoms with Crippen LogP contribution in [0.1, 0.15) is 31.2 Å². The number of nitrogens with zero attached hydrogens (tertiary/aromatic N) is 4. The zero-order valence-corrected chi connectivity index (χ0v) is 19.8. The van der Waals surface area contributed by atoms with Gasteiger partial charge in [0.05, 0.1) is 11.4 Å². The molecule has 0 saturated carbocycles. The molecule has 1 spiro atoms. The lowest BCUT2D eigenvalue weighted by atomic mass is 9.77. The van der Waals surface area contributed by atoms with Crippen LogP contribution in [0, 0.1) is 19.8 Å². The summed E-state index contributed by atoms with van der Waals surface area (Å²) in [7, 11) is 0.413. The molecule has 2 saturated heterocycles. The van der Waals surface area contributed by atoms with Crippen molar-refractivity contribution in [3.63, 3.8) is 0 Å². The first-order chi connectivity index (χ1) is 14.7. The molecule has 184 valence electrons. The van der Waals surface area contributed by atoms with E-state index < -0.39 is 22.2 Å². The molecule has 3 rings (SSSR count). The number of likely N-dealkylation sites (tertiary alicyclic amines) is 1. The molecule has 1 N–H and O–H groups in total. The number of rotatable bonds is 5. The Morgan fingerprint density at radius 1 is 1.28 bits per heavy atom. The SMILES string of the molecule is CCOCC1CCN(C)C2(C1)CN(S(=O)(=O)c1c(C)nn(C)c1C)C2.O=C(O)C(F)(F)F. The number of piperidine rings is 1. The maximum Gasteiger partial charge on any atom is 0.490 e. The molecule has 32 heavy (non-hydrogen) atoms. The molecule has 13 heteroatoms. The van der Waals surface area contributed by atoms with Crippen LogP contribution >= 0.6 is 0 Å². The van der Waals surface area contributed by atoms with Gasteiger partial charge in [-0.2, -0.15) is 22.6 Å². The number of hydrogen-bond acceptors (Lipinski definition) is 6. The van der Waals surface area contributed by atoms with Gasteiger partial charge in [0.25, 0.3) is 0 Å². The zero-order chi connectivity index (χ0) is 24.5. The van der Waals surface area contributed by atoms with Crippen molar-refractivity contribution < 1.29 is 36.2 Å². The molecule has 1 unspecified atom stereocenters. The van der Waals surface area contributed by atoms with Crippen LogP contribution in [0.4, 0.5) is 13.2 Å². The van der Waals surface area contributed by atoms with Crippen molar-refractivity contribution in [2.24, 2.45) is 13.0 Å². The molecule has 0 amide bonds. The smallest absolute Gasteiger partial charge is 0.475 e. The molecule has 1 aromatic rings. The van der Waals surface area contributed by atoms with Crippen LogP contribution in [0.5, 0.6) is 0 Å². The maximum absolute atomic E-state index is 13.1. The van der Waals surface area contributed by atoms with Gasteiger partial charge in [-0.25, -0.2) is 13.2 Å². The van der Waals surface area contributed by atoms with Crippen LogP contribution < -0.4 is 0 Å². The minimum Gasteiger partial charge on any atom is -0.475 e. The molecular formula is C19H31F3N4O5S.